The van der Waals surface area contributed by atoms with E-state index in [-0.39, 0.29) is 36.0 Å². The number of piperidine rings is 1. The van der Waals surface area contributed by atoms with E-state index >= 15 is 0 Å². The third-order valence-corrected chi connectivity index (χ3v) is 7.05. The van der Waals surface area contributed by atoms with Crippen molar-refractivity contribution >= 4 is 27.6 Å². The first-order valence-electron chi connectivity index (χ1n) is 10.3. The lowest BCUT2D eigenvalue weighted by atomic mass is 9.97. The van der Waals surface area contributed by atoms with E-state index in [0.717, 1.165) is 0 Å². The normalized spacial score (nSPS) is 15.7. The van der Waals surface area contributed by atoms with Crippen molar-refractivity contribution in [3.63, 3.8) is 0 Å². The van der Waals surface area contributed by atoms with Crippen molar-refractivity contribution in [1.82, 2.24) is 13.9 Å². The molecule has 1 aliphatic heterocycles. The molecule has 0 bridgehead atoms. The molecule has 10 heteroatoms. The summed E-state index contributed by atoms with van der Waals surface area (Å²) >= 11 is 0. The standard InChI is InChI=1S/C21H28N4O5S/c1-4-30-21(27)17-5-7-18(8-6-17)23-20(26)16-9-11-25(12-10-16)31(28,29)19-13-24(14-22-19)15(2)3/h5-8,13-16H,4,9-12H2,1-3H3,(H,23,26). The number of anilines is 1. The van der Waals surface area contributed by atoms with Gasteiger partial charge >= 0.3 is 5.97 Å². The molecule has 0 atom stereocenters. The Hall–Kier alpha value is -2.72. The summed E-state index contributed by atoms with van der Waals surface area (Å²) in [6.07, 6.45) is 3.91. The van der Waals surface area contributed by atoms with E-state index < -0.39 is 16.0 Å². The van der Waals surface area contributed by atoms with Crippen LogP contribution in [-0.4, -0.2) is 53.8 Å². The zero-order valence-corrected chi connectivity index (χ0v) is 18.8. The second-order valence-corrected chi connectivity index (χ2v) is 9.60. The Balaban J connectivity index is 1.56. The zero-order chi connectivity index (χ0) is 22.6. The molecule has 168 valence electrons. The molecular formula is C21H28N4O5S. The Morgan fingerprint density at radius 1 is 1.19 bits per heavy atom. The van der Waals surface area contributed by atoms with Gasteiger partial charge in [0.05, 0.1) is 18.5 Å². The number of ether oxygens (including phenoxy) is 1. The molecule has 31 heavy (non-hydrogen) atoms. The van der Waals surface area contributed by atoms with Crippen LogP contribution in [0.5, 0.6) is 0 Å². The highest BCUT2D eigenvalue weighted by Crippen LogP contribution is 2.25. The molecule has 1 N–H and O–H groups in total. The number of imidazole rings is 1. The lowest BCUT2D eigenvalue weighted by molar-refractivity contribution is -0.120. The van der Waals surface area contributed by atoms with Crippen molar-refractivity contribution in [3.8, 4) is 0 Å². The van der Waals surface area contributed by atoms with E-state index in [0.29, 0.717) is 30.7 Å². The quantitative estimate of drug-likeness (QED) is 0.652. The average molecular weight is 449 g/mol. The van der Waals surface area contributed by atoms with Gasteiger partial charge in [0.15, 0.2) is 5.03 Å². The number of benzene rings is 1. The van der Waals surface area contributed by atoms with Crippen LogP contribution < -0.4 is 5.32 Å². The van der Waals surface area contributed by atoms with Crippen molar-refractivity contribution in [1.29, 1.82) is 0 Å². The Morgan fingerprint density at radius 2 is 1.84 bits per heavy atom. The predicted octanol–water partition coefficient (Wildman–Crippen LogP) is 2.68. The first-order chi connectivity index (χ1) is 14.7. The van der Waals surface area contributed by atoms with E-state index in [1.165, 1.54) is 10.6 Å². The summed E-state index contributed by atoms with van der Waals surface area (Å²) in [4.78, 5) is 28.4. The van der Waals surface area contributed by atoms with Gasteiger partial charge in [0, 0.05) is 36.9 Å². The van der Waals surface area contributed by atoms with E-state index in [2.05, 4.69) is 10.3 Å². The molecule has 2 heterocycles. The molecule has 9 nitrogen and oxygen atoms in total. The number of carbonyl (C=O) groups excluding carboxylic acids is 2. The summed E-state index contributed by atoms with van der Waals surface area (Å²) in [5, 5.41) is 2.87. The molecule has 1 amide bonds. The lowest BCUT2D eigenvalue weighted by Gasteiger charge is -2.29. The number of esters is 1. The minimum absolute atomic E-state index is 0.0331. The highest BCUT2D eigenvalue weighted by atomic mass is 32.2. The number of rotatable bonds is 7. The second-order valence-electron chi connectivity index (χ2n) is 7.72. The summed E-state index contributed by atoms with van der Waals surface area (Å²) in [6, 6.07) is 6.61. The maximum absolute atomic E-state index is 12.8. The summed E-state index contributed by atoms with van der Waals surface area (Å²) in [5.74, 6) is -0.860. The fraction of sp³-hybridized carbons (Fsp3) is 0.476. The summed E-state index contributed by atoms with van der Waals surface area (Å²) in [5.41, 5.74) is 0.991. The number of carbonyl (C=O) groups is 2. The number of amides is 1. The second kappa shape index (κ2) is 9.61. The minimum Gasteiger partial charge on any atom is -0.462 e. The number of sulfonamides is 1. The van der Waals surface area contributed by atoms with Gasteiger partial charge in [-0.2, -0.15) is 4.31 Å². The minimum atomic E-state index is -3.67. The molecule has 0 unspecified atom stereocenters. The van der Waals surface area contributed by atoms with Crippen LogP contribution in [0.1, 0.15) is 50.0 Å². The number of hydrogen-bond donors (Lipinski definition) is 1. The van der Waals surface area contributed by atoms with E-state index in [1.807, 2.05) is 13.8 Å². The van der Waals surface area contributed by atoms with Crippen molar-refractivity contribution in [2.75, 3.05) is 25.0 Å². The van der Waals surface area contributed by atoms with E-state index in [1.54, 1.807) is 42.0 Å². The van der Waals surface area contributed by atoms with Gasteiger partial charge in [0.2, 0.25) is 5.91 Å². The van der Waals surface area contributed by atoms with Crippen molar-refractivity contribution in [2.24, 2.45) is 5.92 Å². The molecule has 0 aliphatic carbocycles. The van der Waals surface area contributed by atoms with Gasteiger partial charge in [-0.1, -0.05) is 0 Å². The molecule has 1 saturated heterocycles. The van der Waals surface area contributed by atoms with Crippen LogP contribution in [0.4, 0.5) is 5.69 Å². The number of nitrogens with zero attached hydrogens (tertiary/aromatic N) is 3. The monoisotopic (exact) mass is 448 g/mol. The largest absolute Gasteiger partial charge is 0.462 e. The molecule has 0 radical (unpaired) electrons. The van der Waals surface area contributed by atoms with Crippen molar-refractivity contribution < 1.29 is 22.7 Å². The Labute approximate surface area is 182 Å². The topological polar surface area (TPSA) is 111 Å². The fourth-order valence-corrected chi connectivity index (χ4v) is 4.76. The van der Waals surface area contributed by atoms with Crippen LogP contribution in [0.2, 0.25) is 0 Å². The number of nitrogens with one attached hydrogen (secondary N) is 1. The van der Waals surface area contributed by atoms with E-state index in [4.69, 9.17) is 4.74 Å². The number of aromatic nitrogens is 2. The number of hydrogen-bond acceptors (Lipinski definition) is 6. The van der Waals surface area contributed by atoms with Crippen LogP contribution in [-0.2, 0) is 19.6 Å². The molecule has 0 saturated carbocycles. The Kier molecular flexibility index (Phi) is 7.11. The first kappa shape index (κ1) is 23.0. The maximum atomic E-state index is 12.8. The SMILES string of the molecule is CCOC(=O)c1ccc(NC(=O)C2CCN(S(=O)(=O)c3cn(C(C)C)cn3)CC2)cc1. The molecule has 1 fully saturated rings. The van der Waals surface area contributed by atoms with Crippen molar-refractivity contribution in [2.45, 2.75) is 44.7 Å². The van der Waals surface area contributed by atoms with E-state index in [9.17, 15) is 18.0 Å². The third-order valence-electron chi connectivity index (χ3n) is 5.27. The maximum Gasteiger partial charge on any atom is 0.338 e. The smallest absolute Gasteiger partial charge is 0.338 e. The molecule has 2 aromatic rings. The Morgan fingerprint density at radius 3 is 2.39 bits per heavy atom. The van der Waals surface area contributed by atoms with Gasteiger partial charge in [-0.25, -0.2) is 18.2 Å². The van der Waals surface area contributed by atoms with Crippen LogP contribution in [0, 0.1) is 5.92 Å². The molecule has 0 spiro atoms. The Bertz CT molecular complexity index is 1020. The molecule has 1 aromatic carbocycles. The predicted molar refractivity (Wildman–Crippen MR) is 115 cm³/mol. The van der Waals surface area contributed by atoms with Gasteiger partial charge < -0.3 is 14.6 Å². The molecule has 3 rings (SSSR count). The zero-order valence-electron chi connectivity index (χ0n) is 17.9. The fourth-order valence-electron chi connectivity index (χ4n) is 3.37. The van der Waals surface area contributed by atoms with Gasteiger partial charge in [-0.05, 0) is 57.9 Å². The van der Waals surface area contributed by atoms with Crippen LogP contribution >= 0.6 is 0 Å². The molecular weight excluding hydrogens is 420 g/mol. The van der Waals surface area contributed by atoms with Crippen LogP contribution in [0.3, 0.4) is 0 Å². The summed E-state index contributed by atoms with van der Waals surface area (Å²) in [7, 11) is -3.67. The van der Waals surface area contributed by atoms with Crippen molar-refractivity contribution in [3.05, 3.63) is 42.4 Å². The highest BCUT2D eigenvalue weighted by Gasteiger charge is 2.33. The summed E-state index contributed by atoms with van der Waals surface area (Å²) < 4.78 is 33.7. The van der Waals surface area contributed by atoms with Gasteiger partial charge in [-0.15, -0.1) is 0 Å². The third kappa shape index (κ3) is 5.31. The first-order valence-corrected chi connectivity index (χ1v) is 11.8. The average Bonchev–Trinajstić information content (AvgIpc) is 3.26. The highest BCUT2D eigenvalue weighted by molar-refractivity contribution is 7.89. The lowest BCUT2D eigenvalue weighted by Crippen LogP contribution is -2.41. The molecule has 1 aromatic heterocycles. The van der Waals surface area contributed by atoms with Crippen LogP contribution in [0.25, 0.3) is 0 Å². The molecule has 1 aliphatic rings. The van der Waals surface area contributed by atoms with Gasteiger partial charge in [0.1, 0.15) is 0 Å². The summed E-state index contributed by atoms with van der Waals surface area (Å²) in [6.45, 7) is 6.46. The van der Waals surface area contributed by atoms with Gasteiger partial charge in [0.25, 0.3) is 10.0 Å². The van der Waals surface area contributed by atoms with Crippen LogP contribution in [0.15, 0.2) is 41.8 Å². The van der Waals surface area contributed by atoms with Gasteiger partial charge in [-0.3, -0.25) is 4.79 Å².